The molecule has 0 aliphatic rings. The van der Waals surface area contributed by atoms with Crippen LogP contribution < -0.4 is 5.56 Å². The molecule has 2 aromatic carbocycles. The molecule has 0 aliphatic heterocycles. The lowest BCUT2D eigenvalue weighted by Crippen LogP contribution is -2.18. The van der Waals surface area contributed by atoms with Crippen LogP contribution in [0.5, 0.6) is 0 Å². The summed E-state index contributed by atoms with van der Waals surface area (Å²) >= 11 is 0. The lowest BCUT2D eigenvalue weighted by molar-refractivity contribution is -0.137. The van der Waals surface area contributed by atoms with Crippen LogP contribution in [0, 0.1) is 11.6 Å². The molecule has 178 valence electrons. The molecule has 0 unspecified atom stereocenters. The molecule has 0 saturated heterocycles. The largest absolute Gasteiger partial charge is 0.417 e. The molecule has 0 saturated carbocycles. The van der Waals surface area contributed by atoms with Crippen molar-refractivity contribution in [1.82, 2.24) is 24.7 Å². The van der Waals surface area contributed by atoms with Gasteiger partial charge in [0, 0.05) is 11.8 Å². The molecule has 5 rings (SSSR count). The molecule has 0 fully saturated rings. The number of fused-ring (bicyclic) bond motifs is 1. The Balaban J connectivity index is 1.59. The Morgan fingerprint density at radius 1 is 0.914 bits per heavy atom. The maximum Gasteiger partial charge on any atom is 0.417 e. The van der Waals surface area contributed by atoms with Gasteiger partial charge in [-0.2, -0.15) is 17.9 Å². The number of pyridine rings is 1. The number of nitrogens with zero attached hydrogens (tertiary/aromatic N) is 3. The third-order valence-corrected chi connectivity index (χ3v) is 5.55. The first-order chi connectivity index (χ1) is 16.7. The second-order valence-corrected chi connectivity index (χ2v) is 7.88. The number of aromatic amines is 2. The van der Waals surface area contributed by atoms with Crippen molar-refractivity contribution in [3.05, 3.63) is 99.5 Å². The second kappa shape index (κ2) is 8.49. The Bertz CT molecular complexity index is 1560. The van der Waals surface area contributed by atoms with Gasteiger partial charge in [-0.15, -0.1) is 0 Å². The number of alkyl halides is 3. The van der Waals surface area contributed by atoms with Crippen LogP contribution in [0.2, 0.25) is 0 Å². The average Bonchev–Trinajstić information content (AvgIpc) is 3.38. The fraction of sp³-hybridized carbons (Fsp3) is 0.125. The molecule has 0 amide bonds. The molecule has 0 atom stereocenters. The number of aromatic nitrogens is 5. The van der Waals surface area contributed by atoms with Gasteiger partial charge in [0.25, 0.3) is 5.56 Å². The minimum Gasteiger partial charge on any atom is -0.322 e. The van der Waals surface area contributed by atoms with Crippen LogP contribution in [0.1, 0.15) is 16.7 Å². The lowest BCUT2D eigenvalue weighted by atomic mass is 10.0. The average molecular weight is 485 g/mol. The van der Waals surface area contributed by atoms with E-state index in [1.54, 1.807) is 12.1 Å². The molecule has 0 bridgehead atoms. The first-order valence-electron chi connectivity index (χ1n) is 10.5. The molecule has 6 nitrogen and oxygen atoms in total. The van der Waals surface area contributed by atoms with Crippen LogP contribution in [0.3, 0.4) is 0 Å². The molecule has 35 heavy (non-hydrogen) atoms. The molecule has 2 N–H and O–H groups in total. The second-order valence-electron chi connectivity index (χ2n) is 7.88. The number of imidazole rings is 1. The van der Waals surface area contributed by atoms with E-state index in [-0.39, 0.29) is 29.3 Å². The Kier molecular flexibility index (Phi) is 5.46. The molecular formula is C24H16F5N5O. The van der Waals surface area contributed by atoms with E-state index in [0.717, 1.165) is 16.3 Å². The molecule has 0 radical (unpaired) electrons. The topological polar surface area (TPSA) is 79.4 Å². The highest BCUT2D eigenvalue weighted by Gasteiger charge is 2.31. The highest BCUT2D eigenvalue weighted by Crippen LogP contribution is 2.30. The Morgan fingerprint density at radius 2 is 1.66 bits per heavy atom. The van der Waals surface area contributed by atoms with Gasteiger partial charge >= 0.3 is 6.18 Å². The summed E-state index contributed by atoms with van der Waals surface area (Å²) in [6.07, 6.45) is -3.30. The van der Waals surface area contributed by atoms with E-state index < -0.39 is 28.9 Å². The van der Waals surface area contributed by atoms with E-state index in [1.165, 1.54) is 36.4 Å². The van der Waals surface area contributed by atoms with Crippen molar-refractivity contribution in [2.75, 3.05) is 0 Å². The van der Waals surface area contributed by atoms with Gasteiger partial charge in [0.1, 0.15) is 11.6 Å². The standard InChI is InChI=1S/C24H16F5N5O/c25-15-5-1-13(2-6-15)3-8-17-21(19-9-4-14(12-30-19)24(27,28)29)33-34(22(17)35)23-31-18-10-7-16(26)11-20(18)32-23/h1-2,4-7,9-12,33H,3,8H2,(H,31,32). The van der Waals surface area contributed by atoms with Gasteiger partial charge in [-0.25, -0.2) is 13.8 Å². The van der Waals surface area contributed by atoms with Crippen molar-refractivity contribution in [2.24, 2.45) is 0 Å². The number of H-pyrrole nitrogens is 2. The van der Waals surface area contributed by atoms with Gasteiger partial charge in [0.05, 0.1) is 28.0 Å². The van der Waals surface area contributed by atoms with Crippen LogP contribution in [0.4, 0.5) is 22.0 Å². The SMILES string of the molecule is O=c1c(CCc2ccc(F)cc2)c(-c2ccc(C(F)(F)F)cn2)[nH]n1-c1nc2ccc(F)cc2[nH]1. The van der Waals surface area contributed by atoms with Gasteiger partial charge in [0.2, 0.25) is 5.95 Å². The van der Waals surface area contributed by atoms with Crippen LogP contribution in [0.15, 0.2) is 65.6 Å². The summed E-state index contributed by atoms with van der Waals surface area (Å²) in [5.74, 6) is -0.799. The highest BCUT2D eigenvalue weighted by atomic mass is 19.4. The fourth-order valence-electron chi connectivity index (χ4n) is 3.77. The zero-order chi connectivity index (χ0) is 24.7. The van der Waals surface area contributed by atoms with Crippen LogP contribution in [0.25, 0.3) is 28.4 Å². The van der Waals surface area contributed by atoms with E-state index >= 15 is 0 Å². The van der Waals surface area contributed by atoms with Gasteiger partial charge < -0.3 is 4.98 Å². The third-order valence-electron chi connectivity index (χ3n) is 5.55. The summed E-state index contributed by atoms with van der Waals surface area (Å²) in [5, 5.41) is 2.87. The van der Waals surface area contributed by atoms with Crippen LogP contribution in [-0.4, -0.2) is 24.7 Å². The Morgan fingerprint density at radius 3 is 2.34 bits per heavy atom. The van der Waals surface area contributed by atoms with Gasteiger partial charge in [-0.3, -0.25) is 14.9 Å². The number of nitrogens with one attached hydrogen (secondary N) is 2. The highest BCUT2D eigenvalue weighted by molar-refractivity contribution is 5.76. The first kappa shape index (κ1) is 22.5. The minimum atomic E-state index is -4.56. The van der Waals surface area contributed by atoms with E-state index in [1.807, 2.05) is 0 Å². The van der Waals surface area contributed by atoms with Gasteiger partial charge in [-0.1, -0.05) is 12.1 Å². The normalized spacial score (nSPS) is 11.9. The molecule has 11 heteroatoms. The van der Waals surface area contributed by atoms with E-state index in [0.29, 0.717) is 23.7 Å². The Hall–Kier alpha value is -4.28. The number of aryl methyl sites for hydroxylation is 1. The summed E-state index contributed by atoms with van der Waals surface area (Å²) < 4.78 is 66.9. The minimum absolute atomic E-state index is 0.0804. The van der Waals surface area contributed by atoms with E-state index in [2.05, 4.69) is 20.1 Å². The smallest absolute Gasteiger partial charge is 0.322 e. The maximum atomic E-state index is 13.6. The fourth-order valence-corrected chi connectivity index (χ4v) is 3.77. The van der Waals surface area contributed by atoms with Crippen molar-refractivity contribution in [1.29, 1.82) is 0 Å². The summed E-state index contributed by atoms with van der Waals surface area (Å²) in [6, 6.07) is 11.7. The summed E-state index contributed by atoms with van der Waals surface area (Å²) in [6.45, 7) is 0. The monoisotopic (exact) mass is 485 g/mol. The van der Waals surface area contributed by atoms with E-state index in [9.17, 15) is 26.7 Å². The Labute approximate surface area is 194 Å². The third kappa shape index (κ3) is 4.44. The predicted molar refractivity (Wildman–Crippen MR) is 118 cm³/mol. The molecular weight excluding hydrogens is 469 g/mol. The number of halogens is 5. The molecule has 3 heterocycles. The van der Waals surface area contributed by atoms with E-state index in [4.69, 9.17) is 0 Å². The summed E-state index contributed by atoms with van der Waals surface area (Å²) in [5.41, 5.74) is 0.743. The van der Waals surface area contributed by atoms with Crippen LogP contribution >= 0.6 is 0 Å². The molecule has 3 aromatic heterocycles. The van der Waals surface area contributed by atoms with Gasteiger partial charge in [0.15, 0.2) is 0 Å². The number of rotatable bonds is 5. The van der Waals surface area contributed by atoms with Crippen molar-refractivity contribution < 1.29 is 22.0 Å². The molecule has 0 aliphatic carbocycles. The molecule has 0 spiro atoms. The maximum absolute atomic E-state index is 13.6. The quantitative estimate of drug-likeness (QED) is 0.337. The number of hydrogen-bond donors (Lipinski definition) is 2. The van der Waals surface area contributed by atoms with Crippen molar-refractivity contribution in [2.45, 2.75) is 19.0 Å². The zero-order valence-electron chi connectivity index (χ0n) is 17.8. The lowest BCUT2D eigenvalue weighted by Gasteiger charge is -2.07. The predicted octanol–water partition coefficient (Wildman–Crippen LogP) is 5.19. The van der Waals surface area contributed by atoms with Gasteiger partial charge in [-0.05, 0) is 60.9 Å². The first-order valence-corrected chi connectivity index (χ1v) is 10.5. The molecule has 5 aromatic rings. The number of benzene rings is 2. The number of hydrogen-bond acceptors (Lipinski definition) is 3. The van der Waals surface area contributed by atoms with Crippen molar-refractivity contribution in [3.8, 4) is 17.3 Å². The summed E-state index contributed by atoms with van der Waals surface area (Å²) in [4.78, 5) is 24.4. The van der Waals surface area contributed by atoms with Crippen molar-refractivity contribution in [3.63, 3.8) is 0 Å². The summed E-state index contributed by atoms with van der Waals surface area (Å²) in [7, 11) is 0. The van der Waals surface area contributed by atoms with Crippen molar-refractivity contribution >= 4 is 11.0 Å². The zero-order valence-corrected chi connectivity index (χ0v) is 17.8. The van der Waals surface area contributed by atoms with Crippen LogP contribution in [-0.2, 0) is 19.0 Å².